The topological polar surface area (TPSA) is 76.7 Å². The molecule has 0 aliphatic carbocycles. The molecule has 1 fully saturated rings. The van der Waals surface area contributed by atoms with Crippen molar-refractivity contribution in [3.8, 4) is 0 Å². The summed E-state index contributed by atoms with van der Waals surface area (Å²) in [5.41, 5.74) is -0.764. The molecule has 1 heterocycles. The van der Waals surface area contributed by atoms with Gasteiger partial charge in [0, 0.05) is 13.7 Å². The van der Waals surface area contributed by atoms with E-state index >= 15 is 0 Å². The minimum atomic E-state index is -0.764. The number of esters is 1. The first-order valence-electron chi connectivity index (χ1n) is 6.76. The van der Waals surface area contributed by atoms with E-state index in [0.717, 1.165) is 13.1 Å². The lowest BCUT2D eigenvalue weighted by atomic mass is 9.91. The molecule has 0 aromatic carbocycles. The van der Waals surface area contributed by atoms with Crippen molar-refractivity contribution in [1.29, 1.82) is 0 Å². The van der Waals surface area contributed by atoms with E-state index in [1.807, 2.05) is 0 Å². The smallest absolute Gasteiger partial charge is 0.310 e. The van der Waals surface area contributed by atoms with Crippen LogP contribution in [0, 0.1) is 5.92 Å². The standard InChI is InChI=1S/C13H24N2O4.ClH/c1-4-19-11(16)10(2)9-15-12(17)13(18-3)5-7-14-8-6-13;/h10,14H,4-9H2,1-3H3,(H,15,17);1H. The first-order chi connectivity index (χ1) is 9.05. The van der Waals surface area contributed by atoms with E-state index < -0.39 is 5.60 Å². The third-order valence-electron chi connectivity index (χ3n) is 3.47. The lowest BCUT2D eigenvalue weighted by molar-refractivity contribution is -0.149. The van der Waals surface area contributed by atoms with E-state index in [1.54, 1.807) is 21.0 Å². The molecule has 1 amide bonds. The molecule has 6 nitrogen and oxygen atoms in total. The minimum Gasteiger partial charge on any atom is -0.466 e. The summed E-state index contributed by atoms with van der Waals surface area (Å²) < 4.78 is 10.3. The molecule has 7 heteroatoms. The summed E-state index contributed by atoms with van der Waals surface area (Å²) in [6.07, 6.45) is 1.28. The van der Waals surface area contributed by atoms with Crippen molar-refractivity contribution in [1.82, 2.24) is 10.6 Å². The summed E-state index contributed by atoms with van der Waals surface area (Å²) in [6, 6.07) is 0. The summed E-state index contributed by atoms with van der Waals surface area (Å²) in [7, 11) is 1.56. The van der Waals surface area contributed by atoms with Crippen molar-refractivity contribution in [3.63, 3.8) is 0 Å². The second kappa shape index (κ2) is 9.15. The van der Waals surface area contributed by atoms with Gasteiger partial charge in [-0.05, 0) is 32.9 Å². The van der Waals surface area contributed by atoms with Gasteiger partial charge in [-0.25, -0.2) is 0 Å². The molecule has 1 aliphatic heterocycles. The molecule has 0 saturated carbocycles. The molecule has 1 saturated heterocycles. The number of halogens is 1. The van der Waals surface area contributed by atoms with Crippen LogP contribution < -0.4 is 10.6 Å². The number of rotatable bonds is 6. The van der Waals surface area contributed by atoms with Crippen LogP contribution in [0.1, 0.15) is 26.7 Å². The monoisotopic (exact) mass is 308 g/mol. The molecule has 0 radical (unpaired) electrons. The van der Waals surface area contributed by atoms with E-state index in [2.05, 4.69) is 10.6 Å². The zero-order valence-corrected chi connectivity index (χ0v) is 13.2. The number of nitrogens with one attached hydrogen (secondary N) is 2. The molecule has 0 bridgehead atoms. The largest absolute Gasteiger partial charge is 0.466 e. The Morgan fingerprint density at radius 2 is 1.95 bits per heavy atom. The summed E-state index contributed by atoms with van der Waals surface area (Å²) >= 11 is 0. The first kappa shape index (κ1) is 19.1. The zero-order chi connectivity index (χ0) is 14.3. The molecule has 118 valence electrons. The maximum atomic E-state index is 12.2. The van der Waals surface area contributed by atoms with Gasteiger partial charge in [0.15, 0.2) is 0 Å². The van der Waals surface area contributed by atoms with Crippen LogP contribution in [-0.2, 0) is 19.1 Å². The van der Waals surface area contributed by atoms with Gasteiger partial charge in [-0.2, -0.15) is 0 Å². The van der Waals surface area contributed by atoms with Crippen LogP contribution in [0.25, 0.3) is 0 Å². The number of ether oxygens (including phenoxy) is 2. The predicted octanol–water partition coefficient (Wildman–Crippen LogP) is 0.492. The minimum absolute atomic E-state index is 0. The fraction of sp³-hybridized carbons (Fsp3) is 0.846. The molecule has 0 spiro atoms. The van der Waals surface area contributed by atoms with E-state index in [4.69, 9.17) is 9.47 Å². The average Bonchev–Trinajstić information content (AvgIpc) is 2.45. The van der Waals surface area contributed by atoms with Gasteiger partial charge >= 0.3 is 5.97 Å². The molecule has 1 rings (SSSR count). The van der Waals surface area contributed by atoms with Crippen LogP contribution in [0.5, 0.6) is 0 Å². The summed E-state index contributed by atoms with van der Waals surface area (Å²) in [4.78, 5) is 23.7. The van der Waals surface area contributed by atoms with Gasteiger partial charge in [0.1, 0.15) is 5.60 Å². The van der Waals surface area contributed by atoms with E-state index in [1.165, 1.54) is 0 Å². The Bertz CT molecular complexity index is 319. The fourth-order valence-corrected chi connectivity index (χ4v) is 2.13. The van der Waals surface area contributed by atoms with Crippen LogP contribution in [0.2, 0.25) is 0 Å². The summed E-state index contributed by atoms with van der Waals surface area (Å²) in [5.74, 6) is -0.785. The lowest BCUT2D eigenvalue weighted by Gasteiger charge is -2.35. The maximum Gasteiger partial charge on any atom is 0.310 e. The van der Waals surface area contributed by atoms with Gasteiger partial charge in [0.2, 0.25) is 0 Å². The Hall–Kier alpha value is -0.850. The van der Waals surface area contributed by atoms with E-state index in [0.29, 0.717) is 19.4 Å². The number of piperidine rings is 1. The molecule has 1 aliphatic rings. The molecule has 0 aromatic rings. The third kappa shape index (κ3) is 4.92. The second-order valence-electron chi connectivity index (χ2n) is 4.81. The quantitative estimate of drug-likeness (QED) is 0.699. The van der Waals surface area contributed by atoms with Crippen molar-refractivity contribution >= 4 is 24.3 Å². The van der Waals surface area contributed by atoms with E-state index in [9.17, 15) is 9.59 Å². The summed E-state index contributed by atoms with van der Waals surface area (Å²) in [6.45, 7) is 5.64. The molecule has 2 N–H and O–H groups in total. The molecule has 20 heavy (non-hydrogen) atoms. The van der Waals surface area contributed by atoms with Crippen molar-refractivity contribution in [2.24, 2.45) is 5.92 Å². The Balaban J connectivity index is 0.00000361. The number of hydrogen-bond donors (Lipinski definition) is 2. The van der Waals surface area contributed by atoms with Gasteiger partial charge in [0.05, 0.1) is 12.5 Å². The summed E-state index contributed by atoms with van der Waals surface area (Å²) in [5, 5.41) is 5.99. The third-order valence-corrected chi connectivity index (χ3v) is 3.47. The number of methoxy groups -OCH3 is 1. The van der Waals surface area contributed by atoms with Crippen molar-refractivity contribution in [3.05, 3.63) is 0 Å². The van der Waals surface area contributed by atoms with Crippen LogP contribution in [0.3, 0.4) is 0 Å². The predicted molar refractivity (Wildman–Crippen MR) is 77.9 cm³/mol. The normalized spacial score (nSPS) is 18.6. The molecule has 1 unspecified atom stereocenters. The number of carbonyl (C=O) groups is 2. The van der Waals surface area contributed by atoms with Crippen molar-refractivity contribution in [2.45, 2.75) is 32.3 Å². The van der Waals surface area contributed by atoms with Crippen LogP contribution >= 0.6 is 12.4 Å². The molecular formula is C13H25ClN2O4. The Morgan fingerprint density at radius 3 is 2.45 bits per heavy atom. The van der Waals surface area contributed by atoms with Gasteiger partial charge in [-0.3, -0.25) is 9.59 Å². The number of amides is 1. The Kier molecular flexibility index (Phi) is 8.76. The highest BCUT2D eigenvalue weighted by Gasteiger charge is 2.39. The zero-order valence-electron chi connectivity index (χ0n) is 12.4. The van der Waals surface area contributed by atoms with Crippen LogP contribution in [-0.4, -0.2) is 50.8 Å². The molecule has 1 atom stereocenters. The van der Waals surface area contributed by atoms with E-state index in [-0.39, 0.29) is 36.7 Å². The average molecular weight is 309 g/mol. The van der Waals surface area contributed by atoms with Gasteiger partial charge in [0.25, 0.3) is 5.91 Å². The van der Waals surface area contributed by atoms with Gasteiger partial charge in [-0.1, -0.05) is 6.92 Å². The van der Waals surface area contributed by atoms with Crippen LogP contribution in [0.4, 0.5) is 0 Å². The second-order valence-corrected chi connectivity index (χ2v) is 4.81. The van der Waals surface area contributed by atoms with Gasteiger partial charge in [-0.15, -0.1) is 12.4 Å². The highest BCUT2D eigenvalue weighted by Crippen LogP contribution is 2.22. The number of carbonyl (C=O) groups excluding carboxylic acids is 2. The molecular weight excluding hydrogens is 284 g/mol. The Labute approximate surface area is 126 Å². The van der Waals surface area contributed by atoms with Crippen molar-refractivity contribution in [2.75, 3.05) is 33.4 Å². The highest BCUT2D eigenvalue weighted by molar-refractivity contribution is 5.86. The SMILES string of the molecule is CCOC(=O)C(C)CNC(=O)C1(OC)CCNCC1.Cl. The highest BCUT2D eigenvalue weighted by atomic mass is 35.5. The van der Waals surface area contributed by atoms with Gasteiger partial charge < -0.3 is 20.1 Å². The molecule has 0 aromatic heterocycles. The fourth-order valence-electron chi connectivity index (χ4n) is 2.13. The maximum absolute atomic E-state index is 12.2. The lowest BCUT2D eigenvalue weighted by Crippen LogP contribution is -2.54. The number of hydrogen-bond acceptors (Lipinski definition) is 5. The Morgan fingerprint density at radius 1 is 1.35 bits per heavy atom. The van der Waals surface area contributed by atoms with Crippen LogP contribution in [0.15, 0.2) is 0 Å². The van der Waals surface area contributed by atoms with Crippen molar-refractivity contribution < 1.29 is 19.1 Å². The first-order valence-corrected chi connectivity index (χ1v) is 6.76.